The Morgan fingerprint density at radius 2 is 1.89 bits per heavy atom. The molecule has 11 nitrogen and oxygen atoms in total. The van der Waals surface area contributed by atoms with E-state index in [0.29, 0.717) is 37.7 Å². The maximum Gasteiger partial charge on any atom is 0.386 e. The van der Waals surface area contributed by atoms with Crippen molar-refractivity contribution in [1.29, 1.82) is 0 Å². The molecule has 0 fully saturated rings. The lowest BCUT2D eigenvalue weighted by molar-refractivity contribution is -0.143. The molecule has 0 saturated heterocycles. The van der Waals surface area contributed by atoms with Gasteiger partial charge in [0.15, 0.2) is 0 Å². The number of rotatable bonds is 3. The molecule has 7 rings (SSSR count). The molecule has 44 heavy (non-hydrogen) atoms. The zero-order valence-corrected chi connectivity index (χ0v) is 26.1. The second-order valence-corrected chi connectivity index (χ2v) is 12.6. The third-order valence-corrected chi connectivity index (χ3v) is 9.82. The lowest BCUT2D eigenvalue weighted by atomic mass is 9.83. The zero-order chi connectivity index (χ0) is 31.0. The number of aromatic nitrogens is 3. The Labute approximate surface area is 256 Å². The highest BCUT2D eigenvalue weighted by Gasteiger charge is 2.37. The van der Waals surface area contributed by atoms with Crippen LogP contribution in [-0.2, 0) is 37.7 Å². The first kappa shape index (κ1) is 30.0. The SMILES string of the molecule is CCOC(=O)CC1c2ccc(C)c(c2)[C@@H](C)N2Cc3cc(ccc3OS2(=O)=O)OCCOCCn2nnc3c(C)c1ccc32. The van der Waals surface area contributed by atoms with Gasteiger partial charge in [-0.3, -0.25) is 4.79 Å². The summed E-state index contributed by atoms with van der Waals surface area (Å²) in [6.45, 7) is 9.59. The van der Waals surface area contributed by atoms with Gasteiger partial charge in [-0.1, -0.05) is 29.5 Å². The van der Waals surface area contributed by atoms with Crippen LogP contribution >= 0.6 is 0 Å². The van der Waals surface area contributed by atoms with Gasteiger partial charge in [0.1, 0.15) is 23.6 Å². The van der Waals surface area contributed by atoms with Crippen molar-refractivity contribution >= 4 is 27.3 Å². The summed E-state index contributed by atoms with van der Waals surface area (Å²) in [5, 5.41) is 8.85. The first-order valence-corrected chi connectivity index (χ1v) is 16.2. The van der Waals surface area contributed by atoms with E-state index in [1.165, 1.54) is 4.31 Å². The number of carbonyl (C=O) groups is 1. The standard InChI is InChI=1S/C32H36N4O7S/c1-5-41-31(37)18-28-23-7-6-20(2)27(17-23)22(4)36-19-24-16-25(8-11-30(24)43-44(36,38)39)42-15-14-40-13-12-35-29-10-9-26(28)21(3)32(29)33-34-35/h6-11,16-17,22,28H,5,12-15,18-19H2,1-4H3/t22-,28?/m1/s1. The van der Waals surface area contributed by atoms with Gasteiger partial charge in [0.2, 0.25) is 0 Å². The van der Waals surface area contributed by atoms with Gasteiger partial charge >= 0.3 is 16.3 Å². The van der Waals surface area contributed by atoms with E-state index in [0.717, 1.165) is 38.9 Å². The van der Waals surface area contributed by atoms with Crippen molar-refractivity contribution in [2.24, 2.45) is 0 Å². The van der Waals surface area contributed by atoms with Crippen LogP contribution in [0.15, 0.2) is 48.5 Å². The highest BCUT2D eigenvalue weighted by molar-refractivity contribution is 7.84. The van der Waals surface area contributed by atoms with Crippen molar-refractivity contribution in [2.45, 2.75) is 59.2 Å². The van der Waals surface area contributed by atoms with Crippen LogP contribution in [0.1, 0.15) is 65.6 Å². The fourth-order valence-electron chi connectivity index (χ4n) is 6.06. The quantitative estimate of drug-likeness (QED) is 0.299. The summed E-state index contributed by atoms with van der Waals surface area (Å²) >= 11 is 0. The maximum absolute atomic E-state index is 13.4. The molecule has 4 aromatic rings. The number of benzene rings is 3. The molecule has 232 valence electrons. The minimum Gasteiger partial charge on any atom is -0.491 e. The number of nitrogens with zero attached hydrogens (tertiary/aromatic N) is 4. The minimum atomic E-state index is -4.09. The monoisotopic (exact) mass is 620 g/mol. The number of fused-ring (bicyclic) bond motifs is 6. The Morgan fingerprint density at radius 1 is 1.05 bits per heavy atom. The largest absolute Gasteiger partial charge is 0.491 e. The van der Waals surface area contributed by atoms with Crippen molar-refractivity contribution in [2.75, 3.05) is 26.4 Å². The van der Waals surface area contributed by atoms with E-state index < -0.39 is 16.3 Å². The summed E-state index contributed by atoms with van der Waals surface area (Å²) in [6.07, 6.45) is 0.111. The lowest BCUT2D eigenvalue weighted by Crippen LogP contribution is -2.39. The molecule has 3 aliphatic rings. The van der Waals surface area contributed by atoms with Gasteiger partial charge in [0.05, 0.1) is 44.3 Å². The van der Waals surface area contributed by atoms with E-state index in [1.54, 1.807) is 19.1 Å². The molecule has 2 unspecified atom stereocenters. The van der Waals surface area contributed by atoms with E-state index in [9.17, 15) is 13.2 Å². The maximum atomic E-state index is 13.4. The fraction of sp³-hybridized carbons (Fsp3) is 0.406. The van der Waals surface area contributed by atoms with Crippen LogP contribution in [-0.4, -0.2) is 60.1 Å². The van der Waals surface area contributed by atoms with Crippen molar-refractivity contribution in [3.63, 3.8) is 0 Å². The molecule has 3 aromatic carbocycles. The summed E-state index contributed by atoms with van der Waals surface area (Å²) in [5.74, 6) is 0.207. The van der Waals surface area contributed by atoms with E-state index in [2.05, 4.69) is 10.3 Å². The third-order valence-electron chi connectivity index (χ3n) is 8.41. The highest BCUT2D eigenvalue weighted by Crippen LogP contribution is 2.40. The first-order chi connectivity index (χ1) is 21.2. The molecule has 0 radical (unpaired) electrons. The summed E-state index contributed by atoms with van der Waals surface area (Å²) in [4.78, 5) is 12.9. The summed E-state index contributed by atoms with van der Waals surface area (Å²) in [6, 6.07) is 14.5. The van der Waals surface area contributed by atoms with Crippen LogP contribution in [0.4, 0.5) is 0 Å². The number of aryl methyl sites for hydroxylation is 2. The van der Waals surface area contributed by atoms with Gasteiger partial charge < -0.3 is 18.4 Å². The normalized spacial score (nSPS) is 21.4. The molecule has 12 heteroatoms. The second kappa shape index (κ2) is 12.2. The lowest BCUT2D eigenvalue weighted by Gasteiger charge is -2.33. The van der Waals surface area contributed by atoms with Gasteiger partial charge in [-0.2, -0.15) is 12.7 Å². The summed E-state index contributed by atoms with van der Waals surface area (Å²) < 4.78 is 52.6. The molecule has 9 bridgehead atoms. The zero-order valence-electron chi connectivity index (χ0n) is 25.3. The Hall–Kier alpha value is -4.00. The van der Waals surface area contributed by atoms with Crippen LogP contribution in [0, 0.1) is 13.8 Å². The number of hydrogen-bond donors (Lipinski definition) is 0. The van der Waals surface area contributed by atoms with Crippen molar-refractivity contribution < 1.29 is 31.6 Å². The molecule has 1 aromatic heterocycles. The van der Waals surface area contributed by atoms with Crippen molar-refractivity contribution in [3.8, 4) is 11.5 Å². The molecule has 0 spiro atoms. The summed E-state index contributed by atoms with van der Waals surface area (Å²) in [5.41, 5.74) is 6.76. The summed E-state index contributed by atoms with van der Waals surface area (Å²) in [7, 11) is -4.09. The van der Waals surface area contributed by atoms with E-state index in [-0.39, 0.29) is 37.2 Å². The first-order valence-electron chi connectivity index (χ1n) is 14.8. The van der Waals surface area contributed by atoms with E-state index in [1.807, 2.05) is 61.9 Å². The Bertz CT molecular complexity index is 1820. The van der Waals surface area contributed by atoms with E-state index >= 15 is 0 Å². The van der Waals surface area contributed by atoms with Crippen molar-refractivity contribution in [1.82, 2.24) is 19.3 Å². The molecular formula is C32H36N4O7S. The van der Waals surface area contributed by atoms with Crippen LogP contribution in [0.25, 0.3) is 11.0 Å². The number of carbonyl (C=O) groups excluding carboxylic acids is 1. The van der Waals surface area contributed by atoms with Gasteiger partial charge in [-0.15, -0.1) is 5.10 Å². The molecule has 0 N–H and O–H groups in total. The van der Waals surface area contributed by atoms with Gasteiger partial charge in [-0.05, 0) is 79.8 Å². The van der Waals surface area contributed by atoms with Gasteiger partial charge in [-0.25, -0.2) is 4.68 Å². The fourth-order valence-corrected chi connectivity index (χ4v) is 7.34. The molecule has 0 amide bonds. The number of hydrogen-bond acceptors (Lipinski definition) is 9. The Kier molecular flexibility index (Phi) is 8.32. The topological polar surface area (TPSA) is 122 Å². The smallest absolute Gasteiger partial charge is 0.386 e. The van der Waals surface area contributed by atoms with Crippen LogP contribution in [0.2, 0.25) is 0 Å². The predicted molar refractivity (Wildman–Crippen MR) is 163 cm³/mol. The van der Waals surface area contributed by atoms with Crippen LogP contribution in [0.5, 0.6) is 11.5 Å². The molecule has 0 aliphatic carbocycles. The molecule has 3 atom stereocenters. The van der Waals surface area contributed by atoms with E-state index in [4.69, 9.17) is 18.4 Å². The Balaban J connectivity index is 1.48. The average molecular weight is 621 g/mol. The second-order valence-electron chi connectivity index (χ2n) is 11.1. The third kappa shape index (κ3) is 5.76. The average Bonchev–Trinajstić information content (AvgIpc) is 3.41. The predicted octanol–water partition coefficient (Wildman–Crippen LogP) is 4.74. The number of ether oxygens (including phenoxy) is 3. The molecule has 3 aliphatic heterocycles. The number of esters is 1. The van der Waals surface area contributed by atoms with Crippen LogP contribution < -0.4 is 8.92 Å². The minimum absolute atomic E-state index is 0.111. The Morgan fingerprint density at radius 3 is 2.70 bits per heavy atom. The van der Waals surface area contributed by atoms with Gasteiger partial charge in [0, 0.05) is 18.0 Å². The van der Waals surface area contributed by atoms with Gasteiger partial charge in [0.25, 0.3) is 0 Å². The van der Waals surface area contributed by atoms with Crippen LogP contribution in [0.3, 0.4) is 0 Å². The van der Waals surface area contributed by atoms with Crippen molar-refractivity contribution in [3.05, 3.63) is 81.9 Å². The molecule has 4 heterocycles. The molecule has 0 saturated carbocycles. The molecular weight excluding hydrogens is 584 g/mol. The highest BCUT2D eigenvalue weighted by atomic mass is 32.2.